The lowest BCUT2D eigenvalue weighted by atomic mass is 10.2. The van der Waals surface area contributed by atoms with Crippen molar-refractivity contribution in [2.45, 2.75) is 13.5 Å². The molecule has 82 valence electrons. The molecule has 0 aliphatic heterocycles. The van der Waals surface area contributed by atoms with Crippen molar-refractivity contribution in [1.29, 1.82) is 0 Å². The molecule has 16 heavy (non-hydrogen) atoms. The molecule has 1 heterocycles. The van der Waals surface area contributed by atoms with Crippen molar-refractivity contribution in [1.82, 2.24) is 9.55 Å². The van der Waals surface area contributed by atoms with Crippen LogP contribution in [0.3, 0.4) is 0 Å². The summed E-state index contributed by atoms with van der Waals surface area (Å²) in [4.78, 5) is 4.19. The molecule has 0 bridgehead atoms. The lowest BCUT2D eigenvalue weighted by Crippen LogP contribution is -2.05. The second kappa shape index (κ2) is 4.61. The molecule has 4 nitrogen and oxygen atoms in total. The maximum Gasteiger partial charge on any atom is 0.106 e. The summed E-state index contributed by atoms with van der Waals surface area (Å²) in [5.41, 5.74) is 1.99. The van der Waals surface area contributed by atoms with E-state index in [-0.39, 0.29) is 0 Å². The van der Waals surface area contributed by atoms with Gasteiger partial charge in [-0.2, -0.15) is 0 Å². The maximum absolute atomic E-state index is 8.55. The quantitative estimate of drug-likeness (QED) is 0.484. The predicted molar refractivity (Wildman–Crippen MR) is 61.9 cm³/mol. The molecule has 2 rings (SSSR count). The molecule has 0 atom stereocenters. The van der Waals surface area contributed by atoms with E-state index >= 15 is 0 Å². The first kappa shape index (κ1) is 10.4. The average Bonchev–Trinajstić information content (AvgIpc) is 2.64. The summed E-state index contributed by atoms with van der Waals surface area (Å²) in [7, 11) is 0. The number of hydrogen-bond acceptors (Lipinski definition) is 3. The molecule has 4 heteroatoms. The van der Waals surface area contributed by atoms with Crippen LogP contribution in [-0.2, 0) is 6.54 Å². The monoisotopic (exact) mass is 215 g/mol. The van der Waals surface area contributed by atoms with Gasteiger partial charge >= 0.3 is 0 Å². The minimum Gasteiger partial charge on any atom is -0.411 e. The third kappa shape index (κ3) is 2.11. The Labute approximate surface area is 93.9 Å². The number of aromatic nitrogens is 2. The fourth-order valence-corrected chi connectivity index (χ4v) is 1.62. The normalized spacial score (nSPS) is 11.1. The van der Waals surface area contributed by atoms with Crippen molar-refractivity contribution in [3.63, 3.8) is 0 Å². The highest BCUT2D eigenvalue weighted by atomic mass is 16.4. The van der Waals surface area contributed by atoms with E-state index in [0.29, 0.717) is 0 Å². The van der Waals surface area contributed by atoms with E-state index in [0.717, 1.165) is 18.1 Å². The largest absolute Gasteiger partial charge is 0.411 e. The van der Waals surface area contributed by atoms with Crippen molar-refractivity contribution < 1.29 is 5.21 Å². The Morgan fingerprint density at radius 3 is 2.81 bits per heavy atom. The zero-order valence-corrected chi connectivity index (χ0v) is 9.04. The third-order valence-electron chi connectivity index (χ3n) is 2.46. The molecular formula is C12H13N3O. The van der Waals surface area contributed by atoms with Gasteiger partial charge in [-0.15, -0.1) is 0 Å². The van der Waals surface area contributed by atoms with Crippen LogP contribution in [-0.4, -0.2) is 21.0 Å². The highest BCUT2D eigenvalue weighted by Gasteiger charge is 2.04. The maximum atomic E-state index is 8.55. The van der Waals surface area contributed by atoms with Gasteiger partial charge in [0.05, 0.1) is 18.1 Å². The number of benzene rings is 1. The van der Waals surface area contributed by atoms with E-state index in [2.05, 4.69) is 22.3 Å². The van der Waals surface area contributed by atoms with Crippen molar-refractivity contribution in [3.8, 4) is 0 Å². The minimum absolute atomic E-state index is 0.730. The summed E-state index contributed by atoms with van der Waals surface area (Å²) in [6, 6.07) is 10.1. The number of nitrogens with zero attached hydrogens (tertiary/aromatic N) is 3. The van der Waals surface area contributed by atoms with Crippen LogP contribution in [0.1, 0.15) is 17.1 Å². The smallest absolute Gasteiger partial charge is 0.106 e. The number of aryl methyl sites for hydroxylation is 1. The van der Waals surface area contributed by atoms with E-state index in [4.69, 9.17) is 5.21 Å². The first-order valence-electron chi connectivity index (χ1n) is 5.05. The Hall–Kier alpha value is -2.10. The van der Waals surface area contributed by atoms with E-state index in [1.807, 2.05) is 29.7 Å². The third-order valence-corrected chi connectivity index (χ3v) is 2.46. The van der Waals surface area contributed by atoms with Crippen LogP contribution in [0.4, 0.5) is 0 Å². The highest BCUT2D eigenvalue weighted by Crippen LogP contribution is 2.08. The SMILES string of the molecule is Cc1ncc(/C=N\O)n1Cc1ccccc1. The molecule has 0 fully saturated rings. The Morgan fingerprint density at radius 1 is 1.38 bits per heavy atom. The number of oxime groups is 1. The van der Waals surface area contributed by atoms with Crippen LogP contribution >= 0.6 is 0 Å². The van der Waals surface area contributed by atoms with Crippen LogP contribution in [0.15, 0.2) is 41.7 Å². The topological polar surface area (TPSA) is 50.4 Å². The van der Waals surface area contributed by atoms with Gasteiger partial charge < -0.3 is 9.77 Å². The van der Waals surface area contributed by atoms with Gasteiger partial charge in [-0.3, -0.25) is 0 Å². The number of hydrogen-bond donors (Lipinski definition) is 1. The fourth-order valence-electron chi connectivity index (χ4n) is 1.62. The second-order valence-electron chi connectivity index (χ2n) is 3.55. The molecule has 0 spiro atoms. The van der Waals surface area contributed by atoms with Crippen LogP contribution < -0.4 is 0 Å². The van der Waals surface area contributed by atoms with Crippen molar-refractivity contribution >= 4 is 6.21 Å². The summed E-state index contributed by atoms with van der Waals surface area (Å²) in [5.74, 6) is 0.902. The highest BCUT2D eigenvalue weighted by molar-refractivity contribution is 5.76. The number of imidazole rings is 1. The molecular weight excluding hydrogens is 202 g/mol. The first-order valence-corrected chi connectivity index (χ1v) is 5.05. The standard InChI is InChI=1S/C12H13N3O/c1-10-13-7-12(8-14-16)15(10)9-11-5-3-2-4-6-11/h2-8,16H,9H2,1H3/b14-8-. The fraction of sp³-hybridized carbons (Fsp3) is 0.167. The van der Waals surface area contributed by atoms with Gasteiger partial charge in [0.15, 0.2) is 0 Å². The molecule has 1 N–H and O–H groups in total. The molecule has 1 aromatic carbocycles. The van der Waals surface area contributed by atoms with E-state index < -0.39 is 0 Å². The summed E-state index contributed by atoms with van der Waals surface area (Å²) in [5, 5.41) is 11.6. The number of rotatable bonds is 3. The zero-order valence-electron chi connectivity index (χ0n) is 9.04. The zero-order chi connectivity index (χ0) is 11.4. The molecule has 1 aromatic heterocycles. The molecule has 2 aromatic rings. The summed E-state index contributed by atoms with van der Waals surface area (Å²) in [6.07, 6.45) is 3.08. The van der Waals surface area contributed by atoms with Crippen LogP contribution in [0.25, 0.3) is 0 Å². The van der Waals surface area contributed by atoms with Gasteiger partial charge in [0.1, 0.15) is 5.82 Å². The van der Waals surface area contributed by atoms with Crippen LogP contribution in [0, 0.1) is 6.92 Å². The van der Waals surface area contributed by atoms with Gasteiger partial charge in [-0.05, 0) is 12.5 Å². The summed E-state index contributed by atoms with van der Waals surface area (Å²) < 4.78 is 2.00. The van der Waals surface area contributed by atoms with Crippen molar-refractivity contribution in [2.24, 2.45) is 5.16 Å². The molecule has 0 aliphatic carbocycles. The molecule has 0 saturated carbocycles. The van der Waals surface area contributed by atoms with E-state index in [9.17, 15) is 0 Å². The molecule has 0 saturated heterocycles. The van der Waals surface area contributed by atoms with Crippen LogP contribution in [0.2, 0.25) is 0 Å². The van der Waals surface area contributed by atoms with E-state index in [1.54, 1.807) is 6.20 Å². The Morgan fingerprint density at radius 2 is 2.12 bits per heavy atom. The lowest BCUT2D eigenvalue weighted by Gasteiger charge is -2.07. The second-order valence-corrected chi connectivity index (χ2v) is 3.55. The first-order chi connectivity index (χ1) is 7.81. The Kier molecular flexibility index (Phi) is 3.00. The van der Waals surface area contributed by atoms with E-state index in [1.165, 1.54) is 11.8 Å². The average molecular weight is 215 g/mol. The lowest BCUT2D eigenvalue weighted by molar-refractivity contribution is 0.321. The summed E-state index contributed by atoms with van der Waals surface area (Å²) >= 11 is 0. The Balaban J connectivity index is 2.30. The van der Waals surface area contributed by atoms with Gasteiger partial charge in [0.25, 0.3) is 0 Å². The van der Waals surface area contributed by atoms with Gasteiger partial charge in [-0.25, -0.2) is 4.98 Å². The minimum atomic E-state index is 0.730. The predicted octanol–water partition coefficient (Wildman–Crippen LogP) is 2.05. The summed E-state index contributed by atoms with van der Waals surface area (Å²) in [6.45, 7) is 2.66. The molecule has 0 aliphatic rings. The van der Waals surface area contributed by atoms with Crippen LogP contribution in [0.5, 0.6) is 0 Å². The van der Waals surface area contributed by atoms with Gasteiger partial charge in [0.2, 0.25) is 0 Å². The van der Waals surface area contributed by atoms with Crippen molar-refractivity contribution in [2.75, 3.05) is 0 Å². The van der Waals surface area contributed by atoms with Gasteiger partial charge in [0, 0.05) is 6.54 Å². The molecule has 0 amide bonds. The molecule has 0 radical (unpaired) electrons. The van der Waals surface area contributed by atoms with Crippen molar-refractivity contribution in [3.05, 3.63) is 53.6 Å². The van der Waals surface area contributed by atoms with Gasteiger partial charge in [-0.1, -0.05) is 35.5 Å². The Bertz CT molecular complexity index is 488. The molecule has 0 unspecified atom stereocenters.